The molecule has 0 saturated carbocycles. The van der Waals surface area contributed by atoms with Gasteiger partial charge in [-0.25, -0.2) is 0 Å². The van der Waals surface area contributed by atoms with Crippen LogP contribution in [0.1, 0.15) is 38.3 Å². The van der Waals surface area contributed by atoms with Crippen LogP contribution in [-0.2, 0) is 0 Å². The number of benzene rings is 1. The van der Waals surface area contributed by atoms with Gasteiger partial charge in [-0.1, -0.05) is 37.6 Å². The van der Waals surface area contributed by atoms with Crippen LogP contribution in [0.5, 0.6) is 0 Å². The van der Waals surface area contributed by atoms with Crippen molar-refractivity contribution in [1.82, 2.24) is 4.90 Å². The first-order valence-corrected chi connectivity index (χ1v) is 7.21. The number of likely N-dealkylation sites (tertiary alicyclic amines) is 1. The highest BCUT2D eigenvalue weighted by molar-refractivity contribution is 6.30. The lowest BCUT2D eigenvalue weighted by atomic mass is 9.90. The minimum Gasteiger partial charge on any atom is -0.326 e. The maximum Gasteiger partial charge on any atom is 0.0499 e. The quantitative estimate of drug-likeness (QED) is 0.908. The predicted octanol–water partition coefficient (Wildman–Crippen LogP) is 3.46. The van der Waals surface area contributed by atoms with Gasteiger partial charge in [-0.2, -0.15) is 0 Å². The lowest BCUT2D eigenvalue weighted by Gasteiger charge is -2.41. The second-order valence-electron chi connectivity index (χ2n) is 5.69. The van der Waals surface area contributed by atoms with E-state index in [4.69, 9.17) is 17.3 Å². The zero-order chi connectivity index (χ0) is 13.1. The van der Waals surface area contributed by atoms with Gasteiger partial charge in [-0.05, 0) is 43.0 Å². The summed E-state index contributed by atoms with van der Waals surface area (Å²) in [4.78, 5) is 2.52. The van der Waals surface area contributed by atoms with E-state index < -0.39 is 0 Å². The van der Waals surface area contributed by atoms with Crippen LogP contribution in [0, 0.1) is 5.92 Å². The summed E-state index contributed by atoms with van der Waals surface area (Å²) >= 11 is 6.11. The van der Waals surface area contributed by atoms with Gasteiger partial charge in [0, 0.05) is 23.7 Å². The van der Waals surface area contributed by atoms with Crippen molar-refractivity contribution >= 4 is 11.6 Å². The molecule has 1 aromatic rings. The van der Waals surface area contributed by atoms with E-state index in [-0.39, 0.29) is 6.04 Å². The minimum atomic E-state index is 0.218. The molecule has 2 nitrogen and oxygen atoms in total. The Balaban J connectivity index is 2.24. The van der Waals surface area contributed by atoms with Crippen molar-refractivity contribution in [3.05, 3.63) is 34.9 Å². The second kappa shape index (κ2) is 6.05. The number of hydrogen-bond donors (Lipinski definition) is 1. The molecule has 1 aliphatic heterocycles. The lowest BCUT2D eigenvalue weighted by Crippen LogP contribution is -2.47. The molecule has 1 aromatic carbocycles. The van der Waals surface area contributed by atoms with Crippen molar-refractivity contribution in [1.29, 1.82) is 0 Å². The molecule has 0 spiro atoms. The van der Waals surface area contributed by atoms with E-state index in [0.29, 0.717) is 12.0 Å². The highest BCUT2D eigenvalue weighted by Gasteiger charge is 2.30. The molecule has 0 aliphatic carbocycles. The molecule has 2 rings (SSSR count). The SMILES string of the molecule is CC(C)CN1CCCC(N)C1c1cccc(Cl)c1. The third kappa shape index (κ3) is 3.25. The number of nitrogens with zero attached hydrogens (tertiary/aromatic N) is 1. The Labute approximate surface area is 115 Å². The molecule has 0 bridgehead atoms. The first-order chi connectivity index (χ1) is 8.58. The molecule has 0 radical (unpaired) electrons. The maximum absolute atomic E-state index is 6.34. The van der Waals surface area contributed by atoms with Crippen molar-refractivity contribution in [3.8, 4) is 0 Å². The van der Waals surface area contributed by atoms with E-state index >= 15 is 0 Å². The Hall–Kier alpha value is -0.570. The van der Waals surface area contributed by atoms with Gasteiger partial charge in [0.1, 0.15) is 0 Å². The van der Waals surface area contributed by atoms with Crippen LogP contribution in [0.3, 0.4) is 0 Å². The van der Waals surface area contributed by atoms with Crippen LogP contribution >= 0.6 is 11.6 Å². The van der Waals surface area contributed by atoms with Gasteiger partial charge in [-0.3, -0.25) is 4.90 Å². The molecule has 1 heterocycles. The van der Waals surface area contributed by atoms with Crippen LogP contribution in [0.4, 0.5) is 0 Å². The van der Waals surface area contributed by atoms with Gasteiger partial charge in [0.25, 0.3) is 0 Å². The smallest absolute Gasteiger partial charge is 0.0499 e. The Morgan fingerprint density at radius 1 is 1.44 bits per heavy atom. The van der Waals surface area contributed by atoms with E-state index in [2.05, 4.69) is 30.9 Å². The molecule has 1 fully saturated rings. The van der Waals surface area contributed by atoms with Crippen molar-refractivity contribution < 1.29 is 0 Å². The molecule has 18 heavy (non-hydrogen) atoms. The van der Waals surface area contributed by atoms with Gasteiger partial charge >= 0.3 is 0 Å². The van der Waals surface area contributed by atoms with Crippen molar-refractivity contribution in [2.45, 2.75) is 38.8 Å². The zero-order valence-corrected chi connectivity index (χ0v) is 12.0. The first kappa shape index (κ1) is 13.9. The Morgan fingerprint density at radius 2 is 2.22 bits per heavy atom. The monoisotopic (exact) mass is 266 g/mol. The third-order valence-electron chi connectivity index (χ3n) is 3.57. The second-order valence-corrected chi connectivity index (χ2v) is 6.13. The van der Waals surface area contributed by atoms with Crippen LogP contribution in [-0.4, -0.2) is 24.0 Å². The van der Waals surface area contributed by atoms with Gasteiger partial charge < -0.3 is 5.73 Å². The van der Waals surface area contributed by atoms with Crippen molar-refractivity contribution in [2.24, 2.45) is 11.7 Å². The summed E-state index contributed by atoms with van der Waals surface area (Å²) in [5.74, 6) is 0.664. The zero-order valence-electron chi connectivity index (χ0n) is 11.3. The van der Waals surface area contributed by atoms with Crippen LogP contribution in [0.15, 0.2) is 24.3 Å². The van der Waals surface area contributed by atoms with Gasteiger partial charge in [0.15, 0.2) is 0 Å². The highest BCUT2D eigenvalue weighted by Crippen LogP contribution is 2.31. The number of halogens is 1. The van der Waals surface area contributed by atoms with Crippen LogP contribution in [0.2, 0.25) is 5.02 Å². The fourth-order valence-electron chi connectivity index (χ4n) is 2.92. The topological polar surface area (TPSA) is 29.3 Å². The average Bonchev–Trinajstić information content (AvgIpc) is 2.28. The summed E-state index contributed by atoms with van der Waals surface area (Å²) in [6.07, 6.45) is 2.30. The molecule has 2 atom stereocenters. The summed E-state index contributed by atoms with van der Waals surface area (Å²) < 4.78 is 0. The summed E-state index contributed by atoms with van der Waals surface area (Å²) in [5.41, 5.74) is 7.60. The molecular formula is C15H23ClN2. The van der Waals surface area contributed by atoms with Crippen molar-refractivity contribution in [3.63, 3.8) is 0 Å². The summed E-state index contributed by atoms with van der Waals surface area (Å²) in [5, 5.41) is 0.801. The highest BCUT2D eigenvalue weighted by atomic mass is 35.5. The third-order valence-corrected chi connectivity index (χ3v) is 3.81. The molecule has 1 saturated heterocycles. The summed E-state index contributed by atoms with van der Waals surface area (Å²) in [7, 11) is 0. The Bertz CT molecular complexity index is 392. The Morgan fingerprint density at radius 3 is 2.89 bits per heavy atom. The number of piperidine rings is 1. The number of rotatable bonds is 3. The van der Waals surface area contributed by atoms with Gasteiger partial charge in [0.2, 0.25) is 0 Å². The van der Waals surface area contributed by atoms with E-state index in [1.807, 2.05) is 12.1 Å². The lowest BCUT2D eigenvalue weighted by molar-refractivity contribution is 0.114. The van der Waals surface area contributed by atoms with E-state index in [1.165, 1.54) is 12.0 Å². The predicted molar refractivity (Wildman–Crippen MR) is 77.8 cm³/mol. The fourth-order valence-corrected chi connectivity index (χ4v) is 3.12. The number of hydrogen-bond acceptors (Lipinski definition) is 2. The molecule has 2 unspecified atom stereocenters. The molecule has 0 amide bonds. The first-order valence-electron chi connectivity index (χ1n) is 6.83. The maximum atomic E-state index is 6.34. The minimum absolute atomic E-state index is 0.218. The van der Waals surface area contributed by atoms with Crippen LogP contribution in [0.25, 0.3) is 0 Å². The average molecular weight is 267 g/mol. The molecule has 0 aromatic heterocycles. The van der Waals surface area contributed by atoms with Crippen molar-refractivity contribution in [2.75, 3.05) is 13.1 Å². The van der Waals surface area contributed by atoms with E-state index in [1.54, 1.807) is 0 Å². The van der Waals surface area contributed by atoms with Crippen LogP contribution < -0.4 is 5.73 Å². The normalized spacial score (nSPS) is 25.6. The summed E-state index contributed by atoms with van der Waals surface area (Å²) in [6, 6.07) is 8.69. The molecule has 2 N–H and O–H groups in total. The fraction of sp³-hybridized carbons (Fsp3) is 0.600. The number of nitrogens with two attached hydrogens (primary N) is 1. The summed E-state index contributed by atoms with van der Waals surface area (Å²) in [6.45, 7) is 6.76. The molecular weight excluding hydrogens is 244 g/mol. The molecule has 100 valence electrons. The Kier molecular flexibility index (Phi) is 4.66. The molecule has 3 heteroatoms. The van der Waals surface area contributed by atoms with Gasteiger partial charge in [-0.15, -0.1) is 0 Å². The van der Waals surface area contributed by atoms with E-state index in [9.17, 15) is 0 Å². The molecule has 1 aliphatic rings. The van der Waals surface area contributed by atoms with E-state index in [0.717, 1.165) is 24.5 Å². The van der Waals surface area contributed by atoms with Gasteiger partial charge in [0.05, 0.1) is 0 Å². The standard InChI is InChI=1S/C15H23ClN2/c1-11(2)10-18-8-4-7-14(17)15(18)12-5-3-6-13(16)9-12/h3,5-6,9,11,14-15H,4,7-8,10,17H2,1-2H3. The largest absolute Gasteiger partial charge is 0.326 e.